The van der Waals surface area contributed by atoms with Gasteiger partial charge in [0.1, 0.15) is 23.2 Å². The molecule has 0 atom stereocenters. The maximum atomic E-state index is 12.0. The Hall–Kier alpha value is -2.41. The number of hydrogen-bond donors (Lipinski definition) is 3. The molecular weight excluding hydrogens is 368 g/mol. The molecule has 27 heavy (non-hydrogen) atoms. The molecule has 146 valence electrons. The average molecular weight is 392 g/mol. The average Bonchev–Trinajstić information content (AvgIpc) is 2.93. The number of carbonyl (C=O) groups is 1. The molecule has 3 N–H and O–H groups in total. The largest absolute Gasteiger partial charge is 0.506 e. The van der Waals surface area contributed by atoms with Crippen molar-refractivity contribution in [3.8, 4) is 11.8 Å². The van der Waals surface area contributed by atoms with E-state index < -0.39 is 5.97 Å². The highest BCUT2D eigenvalue weighted by molar-refractivity contribution is 7.13. The molecule has 0 amide bonds. The first-order valence-electron chi connectivity index (χ1n) is 8.71. The maximum absolute atomic E-state index is 12.0. The Balaban J connectivity index is 2.19. The van der Waals surface area contributed by atoms with Crippen LogP contribution in [-0.2, 0) is 4.74 Å². The van der Waals surface area contributed by atoms with Crippen molar-refractivity contribution < 1.29 is 19.7 Å². The molecule has 0 aromatic carbocycles. The highest BCUT2D eigenvalue weighted by atomic mass is 32.1. The van der Waals surface area contributed by atoms with Gasteiger partial charge in [-0.25, -0.2) is 4.79 Å². The Kier molecular flexibility index (Phi) is 7.36. The number of esters is 1. The van der Waals surface area contributed by atoms with Gasteiger partial charge in [-0.3, -0.25) is 10.3 Å². The van der Waals surface area contributed by atoms with Gasteiger partial charge in [0.05, 0.1) is 23.7 Å². The number of nitrogens with one attached hydrogen (secondary N) is 1. The summed E-state index contributed by atoms with van der Waals surface area (Å²) in [6, 6.07) is 2.01. The number of aliphatic hydroxyl groups excluding tert-OH is 1. The van der Waals surface area contributed by atoms with Crippen LogP contribution < -0.4 is 0 Å². The molecule has 2 heterocycles. The minimum Gasteiger partial charge on any atom is -0.506 e. The van der Waals surface area contributed by atoms with Crippen LogP contribution >= 0.6 is 11.3 Å². The number of aliphatic hydroxyl groups is 1. The molecule has 0 spiro atoms. The lowest BCUT2D eigenvalue weighted by Crippen LogP contribution is -2.49. The van der Waals surface area contributed by atoms with Crippen molar-refractivity contribution >= 4 is 29.2 Å². The number of amidine groups is 1. The molecular formula is C18H24N4O4S. The number of nitrogens with zero attached hydrogens (tertiary/aromatic N) is 3. The number of nitriles is 1. The van der Waals surface area contributed by atoms with E-state index in [0.717, 1.165) is 0 Å². The monoisotopic (exact) mass is 392 g/mol. The fourth-order valence-corrected chi connectivity index (χ4v) is 3.87. The predicted molar refractivity (Wildman–Crippen MR) is 103 cm³/mol. The molecule has 1 aliphatic heterocycles. The van der Waals surface area contributed by atoms with Crippen LogP contribution in [0.25, 0.3) is 6.08 Å². The Bertz CT molecular complexity index is 773. The van der Waals surface area contributed by atoms with Gasteiger partial charge in [0.25, 0.3) is 0 Å². The van der Waals surface area contributed by atoms with Crippen molar-refractivity contribution in [1.29, 1.82) is 10.7 Å². The number of rotatable bonds is 6. The second-order valence-corrected chi connectivity index (χ2v) is 7.29. The van der Waals surface area contributed by atoms with Crippen LogP contribution in [0.3, 0.4) is 0 Å². The van der Waals surface area contributed by atoms with Crippen LogP contribution in [0.5, 0.6) is 5.75 Å². The van der Waals surface area contributed by atoms with Gasteiger partial charge in [0.15, 0.2) is 0 Å². The third-order valence-electron chi connectivity index (χ3n) is 4.32. The highest BCUT2D eigenvalue weighted by Crippen LogP contribution is 2.36. The fourth-order valence-electron chi connectivity index (χ4n) is 2.89. The van der Waals surface area contributed by atoms with E-state index >= 15 is 0 Å². The molecule has 0 saturated carbocycles. The summed E-state index contributed by atoms with van der Waals surface area (Å²) in [6.07, 6.45) is 1.44. The molecule has 1 fully saturated rings. The lowest BCUT2D eigenvalue weighted by atomic mass is 10.1. The van der Waals surface area contributed by atoms with Gasteiger partial charge in [-0.2, -0.15) is 5.26 Å². The summed E-state index contributed by atoms with van der Waals surface area (Å²) >= 11 is 1.18. The van der Waals surface area contributed by atoms with Gasteiger partial charge in [0, 0.05) is 37.6 Å². The van der Waals surface area contributed by atoms with Gasteiger partial charge in [-0.15, -0.1) is 11.3 Å². The highest BCUT2D eigenvalue weighted by Gasteiger charge is 2.24. The number of aryl methyl sites for hydroxylation is 1. The van der Waals surface area contributed by atoms with Crippen LogP contribution in [0.1, 0.15) is 27.0 Å². The van der Waals surface area contributed by atoms with E-state index in [1.807, 2.05) is 6.07 Å². The first-order valence-corrected chi connectivity index (χ1v) is 9.52. The third-order valence-corrected chi connectivity index (χ3v) is 5.36. The van der Waals surface area contributed by atoms with Crippen LogP contribution in [0.4, 0.5) is 0 Å². The summed E-state index contributed by atoms with van der Waals surface area (Å²) < 4.78 is 4.96. The number of piperazine rings is 1. The van der Waals surface area contributed by atoms with E-state index in [0.29, 0.717) is 42.5 Å². The molecule has 0 radical (unpaired) electrons. The lowest BCUT2D eigenvalue weighted by Gasteiger charge is -2.35. The van der Waals surface area contributed by atoms with Crippen molar-refractivity contribution in [2.75, 3.05) is 45.9 Å². The number of β-amino-alcohol motifs (C(OH)–C–C–N with tert-alkyl or cyclic N) is 1. The zero-order chi connectivity index (χ0) is 20.0. The molecule has 0 aliphatic carbocycles. The Morgan fingerprint density at radius 2 is 2.07 bits per heavy atom. The number of carbonyl (C=O) groups excluding carboxylic acids is 1. The third kappa shape index (κ3) is 4.86. The van der Waals surface area contributed by atoms with Crippen LogP contribution in [-0.4, -0.2) is 77.8 Å². The quantitative estimate of drug-likeness (QED) is 0.290. The Labute approximate surface area is 162 Å². The minimum atomic E-state index is -0.600. The molecule has 1 aromatic heterocycles. The van der Waals surface area contributed by atoms with E-state index in [1.54, 1.807) is 18.7 Å². The summed E-state index contributed by atoms with van der Waals surface area (Å²) in [5, 5.41) is 37.2. The minimum absolute atomic E-state index is 0.0873. The molecule has 1 aromatic rings. The number of ether oxygens (including phenoxy) is 1. The van der Waals surface area contributed by atoms with E-state index in [1.165, 1.54) is 17.4 Å². The fraction of sp³-hybridized carbons (Fsp3) is 0.500. The van der Waals surface area contributed by atoms with Gasteiger partial charge in [-0.1, -0.05) is 0 Å². The molecule has 1 saturated heterocycles. The van der Waals surface area contributed by atoms with Crippen LogP contribution in [0.15, 0.2) is 5.57 Å². The number of aromatic hydroxyl groups is 1. The van der Waals surface area contributed by atoms with Crippen molar-refractivity contribution in [3.05, 3.63) is 20.9 Å². The van der Waals surface area contributed by atoms with Gasteiger partial charge >= 0.3 is 5.97 Å². The standard InChI is InChI=1S/C18H24N4O4S/c1-3-26-18(25)15-12(2)27-14(16(15)24)10-13(11-19)17(20)22-6-4-21(5-7-22)8-9-23/h10,20,23-24H,3-9H2,1-2H3/b13-10-,20-17?. The zero-order valence-electron chi connectivity index (χ0n) is 15.5. The summed E-state index contributed by atoms with van der Waals surface area (Å²) in [5.74, 6) is -0.731. The summed E-state index contributed by atoms with van der Waals surface area (Å²) in [7, 11) is 0. The zero-order valence-corrected chi connectivity index (χ0v) is 16.3. The smallest absolute Gasteiger partial charge is 0.343 e. The number of hydrogen-bond acceptors (Lipinski definition) is 8. The first kappa shape index (κ1) is 20.9. The molecule has 8 nitrogen and oxygen atoms in total. The van der Waals surface area contributed by atoms with Gasteiger partial charge < -0.3 is 19.8 Å². The SMILES string of the molecule is CCOC(=O)c1c(C)sc(/C=C(/C#N)C(=N)N2CCN(CCO)CC2)c1O. The molecule has 0 unspecified atom stereocenters. The van der Waals surface area contributed by atoms with Crippen LogP contribution in [0, 0.1) is 23.7 Å². The van der Waals surface area contributed by atoms with Crippen molar-refractivity contribution in [2.24, 2.45) is 0 Å². The normalized spacial score (nSPS) is 15.5. The maximum Gasteiger partial charge on any atom is 0.343 e. The first-order chi connectivity index (χ1) is 12.9. The lowest BCUT2D eigenvalue weighted by molar-refractivity contribution is 0.0523. The van der Waals surface area contributed by atoms with Crippen LogP contribution in [0.2, 0.25) is 0 Å². The summed E-state index contributed by atoms with van der Waals surface area (Å²) in [6.45, 7) is 6.87. The molecule has 9 heteroatoms. The summed E-state index contributed by atoms with van der Waals surface area (Å²) in [5.41, 5.74) is 0.229. The predicted octanol–water partition coefficient (Wildman–Crippen LogP) is 1.43. The number of thiophene rings is 1. The van der Waals surface area contributed by atoms with Crippen molar-refractivity contribution in [1.82, 2.24) is 9.80 Å². The topological polar surface area (TPSA) is 121 Å². The van der Waals surface area contributed by atoms with E-state index in [4.69, 9.17) is 15.3 Å². The van der Waals surface area contributed by atoms with Crippen molar-refractivity contribution in [3.63, 3.8) is 0 Å². The van der Waals surface area contributed by atoms with Gasteiger partial charge in [-0.05, 0) is 19.9 Å². The second-order valence-electron chi connectivity index (χ2n) is 6.04. The molecule has 2 rings (SSSR count). The van der Waals surface area contributed by atoms with Crippen molar-refractivity contribution in [2.45, 2.75) is 13.8 Å². The van der Waals surface area contributed by atoms with E-state index in [-0.39, 0.29) is 35.9 Å². The Morgan fingerprint density at radius 3 is 2.63 bits per heavy atom. The van der Waals surface area contributed by atoms with E-state index in [2.05, 4.69) is 4.90 Å². The second kappa shape index (κ2) is 9.50. The molecule has 0 bridgehead atoms. The van der Waals surface area contributed by atoms with Gasteiger partial charge in [0.2, 0.25) is 0 Å². The Morgan fingerprint density at radius 1 is 1.41 bits per heavy atom. The molecule has 1 aliphatic rings. The van der Waals surface area contributed by atoms with E-state index in [9.17, 15) is 15.2 Å². The summed E-state index contributed by atoms with van der Waals surface area (Å²) in [4.78, 5) is 16.8.